The molecule has 0 unspecified atom stereocenters. The molecule has 0 saturated heterocycles. The van der Waals surface area contributed by atoms with E-state index in [1.54, 1.807) is 12.1 Å². The van der Waals surface area contributed by atoms with Crippen molar-refractivity contribution in [3.8, 4) is 0 Å². The second kappa shape index (κ2) is 6.84. The molecule has 0 aromatic heterocycles. The Kier molecular flexibility index (Phi) is 5.39. The van der Waals surface area contributed by atoms with Crippen molar-refractivity contribution in [1.82, 2.24) is 4.90 Å². The van der Waals surface area contributed by atoms with Gasteiger partial charge in [-0.1, -0.05) is 12.1 Å². The molecule has 1 aromatic rings. The number of aliphatic carboxylic acids is 1. The van der Waals surface area contributed by atoms with Crippen LogP contribution >= 0.6 is 0 Å². The highest BCUT2D eigenvalue weighted by molar-refractivity contribution is 5.94. The minimum atomic E-state index is -1.20. The number of amides is 1. The summed E-state index contributed by atoms with van der Waals surface area (Å²) in [5, 5.41) is 19.2. The van der Waals surface area contributed by atoms with Gasteiger partial charge >= 0.3 is 5.97 Å². The number of carboxylic acid groups (broad SMARTS) is 1. The van der Waals surface area contributed by atoms with E-state index >= 15 is 0 Å². The lowest BCUT2D eigenvalue weighted by Crippen LogP contribution is -2.44. The topological polar surface area (TPSA) is 101 Å². The van der Waals surface area contributed by atoms with Crippen molar-refractivity contribution in [1.29, 1.82) is 0 Å². The summed E-state index contributed by atoms with van der Waals surface area (Å²) in [5.74, 6) is -1.63. The van der Waals surface area contributed by atoms with Crippen LogP contribution in [0.25, 0.3) is 0 Å². The minimum absolute atomic E-state index is 0.0249. The van der Waals surface area contributed by atoms with Gasteiger partial charge in [-0.05, 0) is 26.3 Å². The summed E-state index contributed by atoms with van der Waals surface area (Å²) in [6, 6.07) is 5.89. The molecular weight excluding hydrogens is 288 g/mol. The fourth-order valence-electron chi connectivity index (χ4n) is 1.78. The maximum atomic E-state index is 12.1. The molecule has 22 heavy (non-hydrogen) atoms. The molecule has 0 fully saturated rings. The van der Waals surface area contributed by atoms with Crippen LogP contribution in [0, 0.1) is 10.1 Å². The zero-order chi connectivity index (χ0) is 16.9. The summed E-state index contributed by atoms with van der Waals surface area (Å²) < 4.78 is 0. The minimum Gasteiger partial charge on any atom is -0.478 e. The fraction of sp³-hybridized carbons (Fsp3) is 0.333. The van der Waals surface area contributed by atoms with Crippen LogP contribution in [-0.4, -0.2) is 32.3 Å². The van der Waals surface area contributed by atoms with Gasteiger partial charge < -0.3 is 10.0 Å². The van der Waals surface area contributed by atoms with E-state index < -0.39 is 22.3 Å². The van der Waals surface area contributed by atoms with Crippen molar-refractivity contribution < 1.29 is 19.6 Å². The first-order valence-electron chi connectivity index (χ1n) is 6.57. The number of rotatable bonds is 5. The molecule has 0 radical (unpaired) electrons. The number of carboxylic acids is 1. The van der Waals surface area contributed by atoms with E-state index in [4.69, 9.17) is 5.11 Å². The van der Waals surface area contributed by atoms with Crippen LogP contribution < -0.4 is 0 Å². The van der Waals surface area contributed by atoms with E-state index in [2.05, 4.69) is 0 Å². The lowest BCUT2D eigenvalue weighted by atomic mass is 10.0. The average molecular weight is 306 g/mol. The van der Waals surface area contributed by atoms with Crippen LogP contribution in [-0.2, 0) is 16.1 Å². The summed E-state index contributed by atoms with van der Waals surface area (Å²) in [7, 11) is 0. The van der Waals surface area contributed by atoms with Crippen LogP contribution in [0.3, 0.4) is 0 Å². The van der Waals surface area contributed by atoms with Crippen molar-refractivity contribution in [2.75, 3.05) is 0 Å². The summed E-state index contributed by atoms with van der Waals surface area (Å²) in [4.78, 5) is 34.3. The molecule has 0 atom stereocenters. The van der Waals surface area contributed by atoms with Gasteiger partial charge in [0.05, 0.1) is 4.92 Å². The van der Waals surface area contributed by atoms with Crippen LogP contribution in [0.5, 0.6) is 0 Å². The Morgan fingerprint density at radius 1 is 1.23 bits per heavy atom. The van der Waals surface area contributed by atoms with Crippen molar-refractivity contribution in [2.45, 2.75) is 32.9 Å². The Balaban J connectivity index is 2.97. The Morgan fingerprint density at radius 3 is 2.18 bits per heavy atom. The Hall–Kier alpha value is -2.70. The maximum Gasteiger partial charge on any atom is 0.328 e. The van der Waals surface area contributed by atoms with E-state index in [-0.39, 0.29) is 12.2 Å². The molecule has 7 heteroatoms. The number of hydrogen-bond acceptors (Lipinski definition) is 4. The first-order valence-corrected chi connectivity index (χ1v) is 6.57. The fourth-order valence-corrected chi connectivity index (χ4v) is 1.78. The SMILES string of the molecule is CC(C)(C)N(Cc1ccc([N+](=O)[O-])cc1)C(=O)C=CC(=O)O. The van der Waals surface area contributed by atoms with Crippen LogP contribution in [0.15, 0.2) is 36.4 Å². The van der Waals surface area contributed by atoms with Gasteiger partial charge in [-0.25, -0.2) is 4.79 Å². The third kappa shape index (κ3) is 5.01. The molecule has 0 bridgehead atoms. The first-order chi connectivity index (χ1) is 10.1. The number of nitro groups is 1. The summed E-state index contributed by atoms with van der Waals surface area (Å²) in [6.45, 7) is 5.70. The van der Waals surface area contributed by atoms with E-state index in [1.807, 2.05) is 20.8 Å². The van der Waals surface area contributed by atoms with Crippen LogP contribution in [0.4, 0.5) is 5.69 Å². The summed E-state index contributed by atoms with van der Waals surface area (Å²) in [6.07, 6.45) is 1.79. The highest BCUT2D eigenvalue weighted by Gasteiger charge is 2.25. The molecule has 1 aromatic carbocycles. The van der Waals surface area contributed by atoms with Crippen LogP contribution in [0.1, 0.15) is 26.3 Å². The molecule has 0 saturated carbocycles. The highest BCUT2D eigenvalue weighted by atomic mass is 16.6. The van der Waals surface area contributed by atoms with Crippen molar-refractivity contribution >= 4 is 17.6 Å². The standard InChI is InChI=1S/C15H18N2O5/c1-15(2,3)16(13(18)8-9-14(19)20)10-11-4-6-12(7-5-11)17(21)22/h4-9H,10H2,1-3H3,(H,19,20). The normalized spacial score (nSPS) is 11.4. The molecule has 0 aliphatic heterocycles. The molecule has 1 N–H and O–H groups in total. The zero-order valence-electron chi connectivity index (χ0n) is 12.6. The molecule has 7 nitrogen and oxygen atoms in total. The number of benzene rings is 1. The van der Waals surface area contributed by atoms with E-state index in [0.29, 0.717) is 0 Å². The number of non-ortho nitro benzene ring substituents is 1. The smallest absolute Gasteiger partial charge is 0.328 e. The van der Waals surface area contributed by atoms with Gasteiger partial charge in [0.15, 0.2) is 0 Å². The number of nitrogens with zero attached hydrogens (tertiary/aromatic N) is 2. The first kappa shape index (κ1) is 17.4. The monoisotopic (exact) mass is 306 g/mol. The van der Waals surface area contributed by atoms with Crippen molar-refractivity contribution in [3.63, 3.8) is 0 Å². The molecular formula is C15H18N2O5. The second-order valence-electron chi connectivity index (χ2n) is 5.69. The quantitative estimate of drug-likeness (QED) is 0.511. The molecule has 0 aliphatic carbocycles. The van der Waals surface area contributed by atoms with Gasteiger partial charge in [-0.2, -0.15) is 0 Å². The molecule has 0 heterocycles. The molecule has 0 spiro atoms. The largest absolute Gasteiger partial charge is 0.478 e. The summed E-state index contributed by atoms with van der Waals surface area (Å²) in [5.41, 5.74) is 0.169. The number of carbonyl (C=O) groups excluding carboxylic acids is 1. The van der Waals surface area contributed by atoms with Gasteiger partial charge in [-0.3, -0.25) is 14.9 Å². The molecule has 1 amide bonds. The lowest BCUT2D eigenvalue weighted by Gasteiger charge is -2.35. The predicted molar refractivity (Wildman–Crippen MR) is 80.2 cm³/mol. The number of carbonyl (C=O) groups is 2. The van der Waals surface area contributed by atoms with E-state index in [0.717, 1.165) is 17.7 Å². The molecule has 0 aliphatic rings. The highest BCUT2D eigenvalue weighted by Crippen LogP contribution is 2.20. The van der Waals surface area contributed by atoms with Gasteiger partial charge in [-0.15, -0.1) is 0 Å². The third-order valence-electron chi connectivity index (χ3n) is 2.93. The predicted octanol–water partition coefficient (Wildman–Crippen LogP) is 2.36. The van der Waals surface area contributed by atoms with Gasteiger partial charge in [0.1, 0.15) is 0 Å². The summed E-state index contributed by atoms with van der Waals surface area (Å²) >= 11 is 0. The lowest BCUT2D eigenvalue weighted by molar-refractivity contribution is -0.384. The maximum absolute atomic E-state index is 12.1. The van der Waals surface area contributed by atoms with Crippen LogP contribution in [0.2, 0.25) is 0 Å². The van der Waals surface area contributed by atoms with Crippen molar-refractivity contribution in [2.24, 2.45) is 0 Å². The van der Waals surface area contributed by atoms with Gasteiger partial charge in [0.2, 0.25) is 5.91 Å². The Morgan fingerprint density at radius 2 is 1.77 bits per heavy atom. The van der Waals surface area contributed by atoms with Crippen molar-refractivity contribution in [3.05, 3.63) is 52.1 Å². The van der Waals surface area contributed by atoms with Gasteiger partial charge in [0.25, 0.3) is 5.69 Å². The van der Waals surface area contributed by atoms with Gasteiger partial charge in [0, 0.05) is 36.4 Å². The molecule has 118 valence electrons. The van der Waals surface area contributed by atoms with E-state index in [1.165, 1.54) is 17.0 Å². The zero-order valence-corrected chi connectivity index (χ0v) is 12.6. The van der Waals surface area contributed by atoms with E-state index in [9.17, 15) is 19.7 Å². The average Bonchev–Trinajstić information content (AvgIpc) is 2.41. The Labute approximate surface area is 128 Å². The number of hydrogen-bond donors (Lipinski definition) is 1. The molecule has 1 rings (SSSR count). The number of nitro benzene ring substituents is 1. The second-order valence-corrected chi connectivity index (χ2v) is 5.69. The Bertz CT molecular complexity index is 599. The third-order valence-corrected chi connectivity index (χ3v) is 2.93.